The highest BCUT2D eigenvalue weighted by molar-refractivity contribution is 5.81. The maximum absolute atomic E-state index is 10.7. The number of aryl methyl sites for hydroxylation is 1. The highest BCUT2D eigenvalue weighted by Crippen LogP contribution is 2.28. The molecule has 0 aliphatic rings. The van der Waals surface area contributed by atoms with Gasteiger partial charge in [-0.15, -0.1) is 0 Å². The molecule has 0 aliphatic carbocycles. The summed E-state index contributed by atoms with van der Waals surface area (Å²) in [6.07, 6.45) is 6.25. The van der Waals surface area contributed by atoms with Gasteiger partial charge in [0.2, 0.25) is 0 Å². The van der Waals surface area contributed by atoms with Gasteiger partial charge in [0.25, 0.3) is 0 Å². The molecule has 9 nitrogen and oxygen atoms in total. The number of methoxy groups -OCH3 is 1. The van der Waals surface area contributed by atoms with Crippen LogP contribution in [0.2, 0.25) is 0 Å². The van der Waals surface area contributed by atoms with E-state index in [1.54, 1.807) is 11.6 Å². The van der Waals surface area contributed by atoms with E-state index in [9.17, 15) is 4.79 Å². The highest BCUT2D eigenvalue weighted by Gasteiger charge is 2.12. The first-order chi connectivity index (χ1) is 14.5. The average Bonchev–Trinajstić information content (AvgIpc) is 3.37. The van der Waals surface area contributed by atoms with Gasteiger partial charge < -0.3 is 15.2 Å². The summed E-state index contributed by atoms with van der Waals surface area (Å²) in [7, 11) is 1.67. The molecule has 3 heterocycles. The van der Waals surface area contributed by atoms with Gasteiger partial charge in [0.05, 0.1) is 30.6 Å². The van der Waals surface area contributed by atoms with Crippen LogP contribution in [0.25, 0.3) is 27.9 Å². The number of nitrogens with zero attached hydrogens (tertiary/aromatic N) is 5. The van der Waals surface area contributed by atoms with E-state index in [4.69, 9.17) is 9.84 Å². The Morgan fingerprint density at radius 3 is 2.80 bits per heavy atom. The Hall–Kier alpha value is -3.72. The van der Waals surface area contributed by atoms with Crippen molar-refractivity contribution in [2.24, 2.45) is 0 Å². The molecule has 2 N–H and O–H groups in total. The van der Waals surface area contributed by atoms with Crippen molar-refractivity contribution < 1.29 is 14.6 Å². The molecule has 30 heavy (non-hydrogen) atoms. The number of aromatic nitrogens is 5. The van der Waals surface area contributed by atoms with Crippen LogP contribution in [0.1, 0.15) is 11.1 Å². The molecule has 0 spiro atoms. The maximum atomic E-state index is 10.7. The SMILES string of the molecule is COCCn1cc(-c2cc3c(-c4ccc(CNC(=O)O)c(C)c4)ncnn3c2)cn1. The Bertz CT molecular complexity index is 1200. The van der Waals surface area contributed by atoms with Crippen molar-refractivity contribution >= 4 is 11.6 Å². The average molecular weight is 406 g/mol. The van der Waals surface area contributed by atoms with Crippen LogP contribution in [0.15, 0.2) is 49.2 Å². The normalized spacial score (nSPS) is 11.1. The summed E-state index contributed by atoms with van der Waals surface area (Å²) >= 11 is 0. The number of nitrogens with one attached hydrogen (secondary N) is 1. The van der Waals surface area contributed by atoms with E-state index in [0.29, 0.717) is 13.2 Å². The van der Waals surface area contributed by atoms with E-state index in [2.05, 4.69) is 20.5 Å². The van der Waals surface area contributed by atoms with E-state index in [0.717, 1.165) is 39.0 Å². The molecule has 0 saturated heterocycles. The van der Waals surface area contributed by atoms with Gasteiger partial charge in [0.15, 0.2) is 0 Å². The van der Waals surface area contributed by atoms with Gasteiger partial charge in [-0.1, -0.05) is 12.1 Å². The van der Waals surface area contributed by atoms with Gasteiger partial charge in [-0.3, -0.25) is 4.68 Å². The van der Waals surface area contributed by atoms with Gasteiger partial charge in [-0.05, 0) is 30.2 Å². The summed E-state index contributed by atoms with van der Waals surface area (Å²) in [5.41, 5.74) is 6.54. The van der Waals surface area contributed by atoms with Gasteiger partial charge in [0.1, 0.15) is 6.33 Å². The Kier molecular flexibility index (Phi) is 5.44. The lowest BCUT2D eigenvalue weighted by atomic mass is 10.0. The van der Waals surface area contributed by atoms with Crippen molar-refractivity contribution in [3.8, 4) is 22.4 Å². The fourth-order valence-electron chi connectivity index (χ4n) is 3.34. The number of amides is 1. The molecule has 0 atom stereocenters. The van der Waals surface area contributed by atoms with E-state index >= 15 is 0 Å². The number of benzene rings is 1. The zero-order valence-corrected chi connectivity index (χ0v) is 16.7. The lowest BCUT2D eigenvalue weighted by Crippen LogP contribution is -2.20. The third-order valence-corrected chi connectivity index (χ3v) is 4.94. The first-order valence-corrected chi connectivity index (χ1v) is 9.47. The third-order valence-electron chi connectivity index (χ3n) is 4.94. The molecule has 0 fully saturated rings. The van der Waals surface area contributed by atoms with Crippen molar-refractivity contribution in [3.05, 3.63) is 60.3 Å². The van der Waals surface area contributed by atoms with Crippen molar-refractivity contribution in [3.63, 3.8) is 0 Å². The van der Waals surface area contributed by atoms with Crippen molar-refractivity contribution in [2.75, 3.05) is 13.7 Å². The quantitative estimate of drug-likeness (QED) is 0.489. The number of hydrogen-bond donors (Lipinski definition) is 2. The molecule has 0 bridgehead atoms. The van der Waals surface area contributed by atoms with Crippen molar-refractivity contribution in [1.29, 1.82) is 0 Å². The lowest BCUT2D eigenvalue weighted by Gasteiger charge is -2.09. The van der Waals surface area contributed by atoms with Crippen LogP contribution in [-0.2, 0) is 17.8 Å². The smallest absolute Gasteiger partial charge is 0.404 e. The third kappa shape index (κ3) is 4.01. The van der Waals surface area contributed by atoms with Gasteiger partial charge >= 0.3 is 6.09 Å². The minimum Gasteiger partial charge on any atom is -0.465 e. The van der Waals surface area contributed by atoms with E-state index in [1.807, 2.05) is 54.5 Å². The Morgan fingerprint density at radius 1 is 1.17 bits per heavy atom. The molecular weight excluding hydrogens is 384 g/mol. The molecule has 0 radical (unpaired) electrons. The van der Waals surface area contributed by atoms with Gasteiger partial charge in [-0.2, -0.15) is 10.2 Å². The minimum atomic E-state index is -1.04. The fourth-order valence-corrected chi connectivity index (χ4v) is 3.34. The molecule has 9 heteroatoms. The van der Waals surface area contributed by atoms with Crippen LogP contribution in [0.4, 0.5) is 4.79 Å². The molecular formula is C21H22N6O3. The van der Waals surface area contributed by atoms with Crippen LogP contribution in [0.5, 0.6) is 0 Å². The van der Waals surface area contributed by atoms with E-state index < -0.39 is 6.09 Å². The zero-order chi connectivity index (χ0) is 21.1. The fraction of sp³-hybridized carbons (Fsp3) is 0.238. The molecule has 1 aromatic carbocycles. The summed E-state index contributed by atoms with van der Waals surface area (Å²) in [4.78, 5) is 15.2. The molecule has 4 rings (SSSR count). The van der Waals surface area contributed by atoms with Crippen LogP contribution in [0.3, 0.4) is 0 Å². The Balaban J connectivity index is 1.66. The Labute approximate surface area is 172 Å². The van der Waals surface area contributed by atoms with E-state index in [-0.39, 0.29) is 6.54 Å². The van der Waals surface area contributed by atoms with Crippen molar-refractivity contribution in [2.45, 2.75) is 20.0 Å². The number of ether oxygens (including phenoxy) is 1. The summed E-state index contributed by atoms with van der Waals surface area (Å²) < 4.78 is 8.76. The number of carbonyl (C=O) groups is 1. The second-order valence-electron chi connectivity index (χ2n) is 6.95. The lowest BCUT2D eigenvalue weighted by molar-refractivity contribution is 0.183. The summed E-state index contributed by atoms with van der Waals surface area (Å²) in [5, 5.41) is 19.9. The predicted molar refractivity (Wildman–Crippen MR) is 111 cm³/mol. The Morgan fingerprint density at radius 2 is 2.03 bits per heavy atom. The number of hydrogen-bond acceptors (Lipinski definition) is 5. The highest BCUT2D eigenvalue weighted by atomic mass is 16.5. The molecule has 0 aliphatic heterocycles. The summed E-state index contributed by atoms with van der Waals surface area (Å²) in [6.45, 7) is 3.52. The van der Waals surface area contributed by atoms with Crippen LogP contribution >= 0.6 is 0 Å². The number of rotatable bonds is 7. The van der Waals surface area contributed by atoms with Crippen LogP contribution in [0, 0.1) is 6.92 Å². The monoisotopic (exact) mass is 406 g/mol. The van der Waals surface area contributed by atoms with Gasteiger partial charge in [0, 0.05) is 42.7 Å². The number of fused-ring (bicyclic) bond motifs is 1. The molecule has 1 amide bonds. The van der Waals surface area contributed by atoms with Crippen LogP contribution < -0.4 is 5.32 Å². The van der Waals surface area contributed by atoms with Crippen LogP contribution in [-0.4, -0.2) is 49.3 Å². The largest absolute Gasteiger partial charge is 0.465 e. The second kappa shape index (κ2) is 8.34. The number of carboxylic acid groups (broad SMARTS) is 1. The first kappa shape index (κ1) is 19.6. The predicted octanol–water partition coefficient (Wildman–Crippen LogP) is 2.98. The standard InChI is InChI=1S/C21H22N6O3/c1-14-7-15(3-4-16(14)9-22-21(28)29)20-19-8-17(12-27(19)25-13-23-20)18-10-24-26(11-18)5-6-30-2/h3-4,7-8,10-13,22H,5-6,9H2,1-2H3,(H,28,29). The van der Waals surface area contributed by atoms with E-state index in [1.165, 1.54) is 6.33 Å². The molecule has 4 aromatic rings. The van der Waals surface area contributed by atoms with Gasteiger partial charge in [-0.25, -0.2) is 14.3 Å². The molecule has 3 aromatic heterocycles. The summed E-state index contributed by atoms with van der Waals surface area (Å²) in [6, 6.07) is 7.92. The topological polar surface area (TPSA) is 107 Å². The maximum Gasteiger partial charge on any atom is 0.404 e. The second-order valence-corrected chi connectivity index (χ2v) is 6.95. The summed E-state index contributed by atoms with van der Waals surface area (Å²) in [5.74, 6) is 0. The zero-order valence-electron chi connectivity index (χ0n) is 16.7. The minimum absolute atomic E-state index is 0.267. The molecule has 0 saturated carbocycles. The first-order valence-electron chi connectivity index (χ1n) is 9.47. The molecule has 154 valence electrons. The molecule has 0 unspecified atom stereocenters. The van der Waals surface area contributed by atoms with Crippen molar-refractivity contribution in [1.82, 2.24) is 29.7 Å².